The van der Waals surface area contributed by atoms with Gasteiger partial charge in [0, 0.05) is 11.1 Å². The van der Waals surface area contributed by atoms with E-state index < -0.39 is 12.7 Å². The largest absolute Gasteiger partial charge is 0.405 e. The number of nitrogens with zero attached hydrogens (tertiary/aromatic N) is 3. The van der Waals surface area contributed by atoms with Gasteiger partial charge in [-0.2, -0.15) is 13.2 Å². The van der Waals surface area contributed by atoms with Crippen LogP contribution in [0.4, 0.5) is 24.9 Å². The van der Waals surface area contributed by atoms with E-state index in [2.05, 4.69) is 20.5 Å². The Morgan fingerprint density at radius 1 is 1.06 bits per heavy atom. The van der Waals surface area contributed by atoms with Gasteiger partial charge in [-0.15, -0.1) is 5.10 Å². The second-order valence-corrected chi connectivity index (χ2v) is 9.70. The van der Waals surface area contributed by atoms with E-state index in [0.29, 0.717) is 16.9 Å². The Labute approximate surface area is 210 Å². The van der Waals surface area contributed by atoms with Crippen LogP contribution in [0.15, 0.2) is 22.6 Å². The van der Waals surface area contributed by atoms with Crippen LogP contribution in [0.3, 0.4) is 0 Å². The molecule has 0 saturated heterocycles. The van der Waals surface area contributed by atoms with Crippen molar-refractivity contribution < 1.29 is 22.7 Å². The first-order valence-corrected chi connectivity index (χ1v) is 12.4. The van der Waals surface area contributed by atoms with E-state index in [9.17, 15) is 13.2 Å². The number of nitrogens with two attached hydrogens (primary N) is 1. The monoisotopic (exact) mass is 509 g/mol. The quantitative estimate of drug-likeness (QED) is 0.357. The van der Waals surface area contributed by atoms with E-state index in [0.717, 1.165) is 29.4 Å². The molecule has 0 amide bonds. The summed E-state index contributed by atoms with van der Waals surface area (Å²) in [6, 6.07) is 5.05. The van der Waals surface area contributed by atoms with Crippen molar-refractivity contribution in [3.63, 3.8) is 0 Å². The summed E-state index contributed by atoms with van der Waals surface area (Å²) in [6.07, 6.45) is 1.62. The number of nitrogens with one attached hydrogen (secondary N) is 1. The summed E-state index contributed by atoms with van der Waals surface area (Å²) in [5, 5.41) is 19.6. The number of alkyl halides is 3. The Kier molecular flexibility index (Phi) is 10.1. The van der Waals surface area contributed by atoms with Gasteiger partial charge in [-0.25, -0.2) is 4.98 Å². The smallest absolute Gasteiger partial charge is 0.402 e. The Balaban J connectivity index is 0.000000431. The Morgan fingerprint density at radius 2 is 1.69 bits per heavy atom. The highest BCUT2D eigenvalue weighted by molar-refractivity contribution is 5.90. The molecule has 36 heavy (non-hydrogen) atoms. The number of nitrogen functional groups attached to an aromatic ring is 1. The molecule has 1 aromatic carbocycles. The zero-order chi connectivity index (χ0) is 27.1. The van der Waals surface area contributed by atoms with Gasteiger partial charge in [0.1, 0.15) is 12.2 Å². The normalized spacial score (nSPS) is 14.5. The second-order valence-electron chi connectivity index (χ2n) is 9.70. The molecule has 0 unspecified atom stereocenters. The number of aliphatic hydroxyl groups is 1. The van der Waals surface area contributed by atoms with E-state index in [4.69, 9.17) is 15.3 Å². The summed E-state index contributed by atoms with van der Waals surface area (Å²) < 4.78 is 43.1. The van der Waals surface area contributed by atoms with Gasteiger partial charge in [-0.3, -0.25) is 0 Å². The molecule has 0 aliphatic heterocycles. The molecule has 0 atom stereocenters. The van der Waals surface area contributed by atoms with Crippen LogP contribution in [0.25, 0.3) is 22.5 Å². The van der Waals surface area contributed by atoms with Gasteiger partial charge >= 0.3 is 12.2 Å². The number of pyridine rings is 1. The van der Waals surface area contributed by atoms with Crippen LogP contribution in [-0.2, 0) is 5.41 Å². The van der Waals surface area contributed by atoms with Crippen LogP contribution >= 0.6 is 0 Å². The Morgan fingerprint density at radius 3 is 2.17 bits per heavy atom. The van der Waals surface area contributed by atoms with Gasteiger partial charge in [0.05, 0.1) is 11.6 Å². The molecule has 1 aliphatic rings. The molecule has 7 nitrogen and oxygen atoms in total. The maximum absolute atomic E-state index is 12.6. The van der Waals surface area contributed by atoms with Crippen molar-refractivity contribution in [1.82, 2.24) is 15.2 Å². The lowest BCUT2D eigenvalue weighted by molar-refractivity contribution is -0.115. The third-order valence-corrected chi connectivity index (χ3v) is 5.66. The standard InChI is InChI=1S/C18H20F3N5O.C6H12O.C2H6/c1-9-5-13(15-25-26-16(22)27-15)24-14-11(9)6-10(23-8-18(19,20)21)7-12(14)17(2,3)4;7-6-4-2-1-3-5-6;1-2/h5-7,23H,8H2,1-4H3,(H2,22,26);6-7H,1-5H2;1-2H3. The molecular formula is C26H38F3N5O2. The van der Waals surface area contributed by atoms with Crippen molar-refractivity contribution in [1.29, 1.82) is 0 Å². The molecule has 4 N–H and O–H groups in total. The zero-order valence-electron chi connectivity index (χ0n) is 22.0. The molecule has 3 aromatic rings. The van der Waals surface area contributed by atoms with Crippen LogP contribution in [0, 0.1) is 6.92 Å². The molecular weight excluding hydrogens is 471 g/mol. The minimum Gasteiger partial charge on any atom is -0.402 e. The second kappa shape index (κ2) is 12.4. The summed E-state index contributed by atoms with van der Waals surface area (Å²) in [5.74, 6) is 0.191. The number of aliphatic hydroxyl groups excluding tert-OH is 1. The SMILES string of the molecule is CC.Cc1cc(-c2nnc(N)o2)nc2c(C(C)(C)C)cc(NCC(F)(F)F)cc12.OC1CCCCC1. The van der Waals surface area contributed by atoms with Gasteiger partial charge in [0.25, 0.3) is 5.89 Å². The molecule has 2 heterocycles. The molecule has 10 heteroatoms. The van der Waals surface area contributed by atoms with Crippen molar-refractivity contribution in [3.8, 4) is 11.6 Å². The van der Waals surface area contributed by atoms with Crippen molar-refractivity contribution in [2.75, 3.05) is 17.6 Å². The molecule has 0 radical (unpaired) electrons. The fourth-order valence-electron chi connectivity index (χ4n) is 3.90. The molecule has 4 rings (SSSR count). The Bertz CT molecular complexity index is 1120. The molecule has 1 aliphatic carbocycles. The van der Waals surface area contributed by atoms with E-state index in [1.807, 2.05) is 41.5 Å². The van der Waals surface area contributed by atoms with Gasteiger partial charge < -0.3 is 20.6 Å². The number of fused-ring (bicyclic) bond motifs is 1. The number of aryl methyl sites for hydroxylation is 1. The number of hydrogen-bond donors (Lipinski definition) is 3. The van der Waals surface area contributed by atoms with Gasteiger partial charge in [-0.1, -0.05) is 59.0 Å². The topological polar surface area (TPSA) is 110 Å². The predicted octanol–water partition coefficient (Wildman–Crippen LogP) is 6.78. The summed E-state index contributed by atoms with van der Waals surface area (Å²) in [6.45, 7) is 10.7. The fraction of sp³-hybridized carbons (Fsp3) is 0.577. The van der Waals surface area contributed by atoms with Crippen LogP contribution in [-0.4, -0.2) is 39.1 Å². The molecule has 0 bridgehead atoms. The van der Waals surface area contributed by atoms with Gasteiger partial charge in [-0.05, 0) is 54.5 Å². The van der Waals surface area contributed by atoms with E-state index in [1.165, 1.54) is 19.3 Å². The van der Waals surface area contributed by atoms with E-state index in [-0.39, 0.29) is 23.4 Å². The van der Waals surface area contributed by atoms with Gasteiger partial charge in [0.15, 0.2) is 0 Å². The van der Waals surface area contributed by atoms with Crippen LogP contribution < -0.4 is 11.1 Å². The lowest BCUT2D eigenvalue weighted by Crippen LogP contribution is -2.22. The summed E-state index contributed by atoms with van der Waals surface area (Å²) >= 11 is 0. The number of hydrogen-bond acceptors (Lipinski definition) is 7. The van der Waals surface area contributed by atoms with Crippen molar-refractivity contribution in [3.05, 3.63) is 29.3 Å². The first kappa shape index (κ1) is 29.4. The first-order chi connectivity index (χ1) is 16.8. The zero-order valence-corrected chi connectivity index (χ0v) is 22.0. The maximum atomic E-state index is 12.6. The number of benzene rings is 1. The molecule has 0 spiro atoms. The van der Waals surface area contributed by atoms with Crippen molar-refractivity contribution >= 4 is 22.6 Å². The molecule has 1 saturated carbocycles. The fourth-order valence-corrected chi connectivity index (χ4v) is 3.90. The Hall–Kier alpha value is -2.88. The van der Waals surface area contributed by atoms with Crippen LogP contribution in [0.2, 0.25) is 0 Å². The third kappa shape index (κ3) is 8.36. The predicted molar refractivity (Wildman–Crippen MR) is 138 cm³/mol. The summed E-state index contributed by atoms with van der Waals surface area (Å²) in [7, 11) is 0. The highest BCUT2D eigenvalue weighted by Crippen LogP contribution is 2.35. The number of anilines is 2. The summed E-state index contributed by atoms with van der Waals surface area (Å²) in [4.78, 5) is 4.63. The maximum Gasteiger partial charge on any atom is 0.405 e. The van der Waals surface area contributed by atoms with E-state index >= 15 is 0 Å². The first-order valence-electron chi connectivity index (χ1n) is 12.4. The van der Waals surface area contributed by atoms with Gasteiger partial charge in [0.2, 0.25) is 0 Å². The van der Waals surface area contributed by atoms with Crippen LogP contribution in [0.5, 0.6) is 0 Å². The highest BCUT2D eigenvalue weighted by Gasteiger charge is 2.27. The minimum absolute atomic E-state index is 0.0359. The van der Waals surface area contributed by atoms with E-state index in [1.54, 1.807) is 18.2 Å². The molecule has 1 fully saturated rings. The average molecular weight is 510 g/mol. The summed E-state index contributed by atoms with van der Waals surface area (Å²) in [5.41, 5.74) is 8.30. The van der Waals surface area contributed by atoms with Crippen LogP contribution in [0.1, 0.15) is 77.8 Å². The highest BCUT2D eigenvalue weighted by atomic mass is 19.4. The average Bonchev–Trinajstić information content (AvgIpc) is 3.25. The number of rotatable bonds is 3. The van der Waals surface area contributed by atoms with Crippen molar-refractivity contribution in [2.45, 2.75) is 91.3 Å². The molecule has 200 valence electrons. The lowest BCUT2D eigenvalue weighted by atomic mass is 9.84. The number of halogens is 3. The minimum atomic E-state index is -4.30. The number of aromatic nitrogens is 3. The molecule has 2 aromatic heterocycles. The lowest BCUT2D eigenvalue weighted by Gasteiger charge is -2.23. The third-order valence-electron chi connectivity index (χ3n) is 5.66. The van der Waals surface area contributed by atoms with Crippen molar-refractivity contribution in [2.24, 2.45) is 0 Å².